The van der Waals surface area contributed by atoms with Gasteiger partial charge in [0, 0.05) is 11.8 Å². The van der Waals surface area contributed by atoms with Gasteiger partial charge in [-0.05, 0) is 6.42 Å². The molecule has 0 bridgehead atoms. The minimum atomic E-state index is 0.156. The lowest BCUT2D eigenvalue weighted by molar-refractivity contribution is 0.0977. The van der Waals surface area contributed by atoms with Gasteiger partial charge < -0.3 is 0 Å². The third-order valence-corrected chi connectivity index (χ3v) is 1.78. The number of thiazole rings is 1. The van der Waals surface area contributed by atoms with E-state index >= 15 is 0 Å². The summed E-state index contributed by atoms with van der Waals surface area (Å²) in [5.74, 6) is 0.156. The molecule has 1 aromatic heterocycles. The highest BCUT2D eigenvalue weighted by Gasteiger charge is 2.04. The summed E-state index contributed by atoms with van der Waals surface area (Å²) >= 11 is 1.46. The van der Waals surface area contributed by atoms with Crippen LogP contribution in [0.2, 0.25) is 0 Å². The van der Waals surface area contributed by atoms with Crippen molar-refractivity contribution in [2.75, 3.05) is 0 Å². The molecule has 0 aliphatic heterocycles. The van der Waals surface area contributed by atoms with Crippen LogP contribution in [0.15, 0.2) is 10.9 Å². The quantitative estimate of drug-likeness (QED) is 0.626. The van der Waals surface area contributed by atoms with Crippen molar-refractivity contribution in [1.29, 1.82) is 0 Å². The van der Waals surface area contributed by atoms with Crippen LogP contribution in [0.1, 0.15) is 30.3 Å². The fourth-order valence-electron chi connectivity index (χ4n) is 0.705. The zero-order valence-electron chi connectivity index (χ0n) is 5.83. The maximum absolute atomic E-state index is 11.0. The van der Waals surface area contributed by atoms with E-state index in [1.807, 2.05) is 6.92 Å². The number of Topliss-reactive ketones (excluding diaryl/α,β-unsaturated/α-hetero) is 1. The van der Waals surface area contributed by atoms with Crippen molar-refractivity contribution in [3.05, 3.63) is 16.6 Å². The molecule has 0 saturated heterocycles. The highest BCUT2D eigenvalue weighted by molar-refractivity contribution is 7.07. The van der Waals surface area contributed by atoms with Crippen molar-refractivity contribution in [3.8, 4) is 0 Å². The number of aromatic nitrogens is 1. The fraction of sp³-hybridized carbons (Fsp3) is 0.429. The Labute approximate surface area is 63.9 Å². The van der Waals surface area contributed by atoms with Gasteiger partial charge >= 0.3 is 0 Å². The van der Waals surface area contributed by atoms with E-state index in [0.29, 0.717) is 12.1 Å². The molecule has 0 unspecified atom stereocenters. The van der Waals surface area contributed by atoms with Gasteiger partial charge in [0.05, 0.1) is 5.51 Å². The maximum atomic E-state index is 11.0. The summed E-state index contributed by atoms with van der Waals surface area (Å²) in [6.07, 6.45) is 1.51. The molecule has 0 aliphatic carbocycles. The molecule has 10 heavy (non-hydrogen) atoms. The second-order valence-corrected chi connectivity index (χ2v) is 2.77. The predicted octanol–water partition coefficient (Wildman–Crippen LogP) is 2.13. The van der Waals surface area contributed by atoms with E-state index < -0.39 is 0 Å². The van der Waals surface area contributed by atoms with Crippen LogP contribution < -0.4 is 0 Å². The largest absolute Gasteiger partial charge is 0.292 e. The number of hydrogen-bond donors (Lipinski definition) is 0. The van der Waals surface area contributed by atoms with E-state index in [9.17, 15) is 4.79 Å². The second kappa shape index (κ2) is 3.46. The van der Waals surface area contributed by atoms with E-state index in [1.165, 1.54) is 11.3 Å². The standard InChI is InChI=1S/C7H9NOS/c1-2-3-7(9)6-4-10-5-8-6/h4-5H,2-3H2,1H3. The average molecular weight is 155 g/mol. The summed E-state index contributed by atoms with van der Waals surface area (Å²) < 4.78 is 0. The molecular formula is C7H9NOS. The fourth-order valence-corrected chi connectivity index (χ4v) is 1.26. The van der Waals surface area contributed by atoms with Crippen molar-refractivity contribution < 1.29 is 4.79 Å². The van der Waals surface area contributed by atoms with Crippen molar-refractivity contribution in [1.82, 2.24) is 4.98 Å². The third-order valence-electron chi connectivity index (χ3n) is 1.20. The van der Waals surface area contributed by atoms with Gasteiger partial charge in [-0.2, -0.15) is 0 Å². The predicted molar refractivity (Wildman–Crippen MR) is 41.4 cm³/mol. The Bertz CT molecular complexity index is 205. The number of nitrogens with zero attached hydrogens (tertiary/aromatic N) is 1. The smallest absolute Gasteiger partial charge is 0.182 e. The van der Waals surface area contributed by atoms with Gasteiger partial charge in [-0.25, -0.2) is 4.98 Å². The van der Waals surface area contributed by atoms with Crippen LogP contribution in [-0.4, -0.2) is 10.8 Å². The summed E-state index contributed by atoms with van der Waals surface area (Å²) in [4.78, 5) is 15.0. The molecule has 0 amide bonds. The topological polar surface area (TPSA) is 30.0 Å². The summed E-state index contributed by atoms with van der Waals surface area (Å²) in [5.41, 5.74) is 2.30. The zero-order valence-corrected chi connectivity index (χ0v) is 6.65. The van der Waals surface area contributed by atoms with E-state index in [2.05, 4.69) is 4.98 Å². The molecule has 0 spiro atoms. The minimum Gasteiger partial charge on any atom is -0.292 e. The Balaban J connectivity index is 2.59. The van der Waals surface area contributed by atoms with Gasteiger partial charge in [-0.1, -0.05) is 6.92 Å². The monoisotopic (exact) mass is 155 g/mol. The first-order valence-corrected chi connectivity index (χ1v) is 4.20. The van der Waals surface area contributed by atoms with Crippen molar-refractivity contribution in [2.24, 2.45) is 0 Å². The van der Waals surface area contributed by atoms with Gasteiger partial charge in [0.1, 0.15) is 5.69 Å². The molecular weight excluding hydrogens is 146 g/mol. The number of carbonyl (C=O) groups is 1. The molecule has 0 saturated carbocycles. The van der Waals surface area contributed by atoms with Gasteiger partial charge in [-0.15, -0.1) is 11.3 Å². The molecule has 1 aromatic rings. The third kappa shape index (κ3) is 1.64. The molecule has 0 aromatic carbocycles. The van der Waals surface area contributed by atoms with Crippen LogP contribution in [0.3, 0.4) is 0 Å². The summed E-state index contributed by atoms with van der Waals surface area (Å²) in [5, 5.41) is 1.79. The SMILES string of the molecule is CCCC(=O)c1cscn1. The van der Waals surface area contributed by atoms with E-state index in [4.69, 9.17) is 0 Å². The number of rotatable bonds is 3. The Morgan fingerprint density at radius 2 is 2.60 bits per heavy atom. The molecule has 1 heterocycles. The van der Waals surface area contributed by atoms with Crippen molar-refractivity contribution in [2.45, 2.75) is 19.8 Å². The lowest BCUT2D eigenvalue weighted by Crippen LogP contribution is -1.97. The Morgan fingerprint density at radius 3 is 3.10 bits per heavy atom. The first-order chi connectivity index (χ1) is 4.84. The van der Waals surface area contributed by atoms with Crippen LogP contribution in [0, 0.1) is 0 Å². The number of carbonyl (C=O) groups excluding carboxylic acids is 1. The molecule has 0 atom stereocenters. The normalized spacial score (nSPS) is 9.70. The highest BCUT2D eigenvalue weighted by Crippen LogP contribution is 2.05. The van der Waals surface area contributed by atoms with Crippen LogP contribution in [-0.2, 0) is 0 Å². The van der Waals surface area contributed by atoms with Gasteiger partial charge in [0.25, 0.3) is 0 Å². The van der Waals surface area contributed by atoms with E-state index in [0.717, 1.165) is 6.42 Å². The highest BCUT2D eigenvalue weighted by atomic mass is 32.1. The van der Waals surface area contributed by atoms with Crippen LogP contribution in [0.4, 0.5) is 0 Å². The molecule has 0 aliphatic rings. The molecule has 0 radical (unpaired) electrons. The van der Waals surface area contributed by atoms with E-state index in [-0.39, 0.29) is 5.78 Å². The molecule has 2 nitrogen and oxygen atoms in total. The maximum Gasteiger partial charge on any atom is 0.182 e. The summed E-state index contributed by atoms with van der Waals surface area (Å²) in [7, 11) is 0. The molecule has 0 fully saturated rings. The minimum absolute atomic E-state index is 0.156. The van der Waals surface area contributed by atoms with Crippen LogP contribution in [0.5, 0.6) is 0 Å². The number of ketones is 1. The van der Waals surface area contributed by atoms with Crippen LogP contribution >= 0.6 is 11.3 Å². The van der Waals surface area contributed by atoms with Crippen molar-refractivity contribution in [3.63, 3.8) is 0 Å². The molecule has 1 rings (SSSR count). The first-order valence-electron chi connectivity index (χ1n) is 3.26. The zero-order chi connectivity index (χ0) is 7.40. The lowest BCUT2D eigenvalue weighted by Gasteiger charge is -1.89. The summed E-state index contributed by atoms with van der Waals surface area (Å²) in [6, 6.07) is 0. The average Bonchev–Trinajstić information content (AvgIpc) is 2.38. The number of hydrogen-bond acceptors (Lipinski definition) is 3. The van der Waals surface area contributed by atoms with E-state index in [1.54, 1.807) is 10.9 Å². The van der Waals surface area contributed by atoms with Crippen LogP contribution in [0.25, 0.3) is 0 Å². The van der Waals surface area contributed by atoms with Gasteiger partial charge in [-0.3, -0.25) is 4.79 Å². The molecule has 0 N–H and O–H groups in total. The Hall–Kier alpha value is -0.700. The first kappa shape index (κ1) is 7.41. The summed E-state index contributed by atoms with van der Waals surface area (Å²) in [6.45, 7) is 1.99. The van der Waals surface area contributed by atoms with Gasteiger partial charge in [0.2, 0.25) is 0 Å². The Morgan fingerprint density at radius 1 is 1.80 bits per heavy atom. The second-order valence-electron chi connectivity index (χ2n) is 2.05. The Kier molecular flexibility index (Phi) is 2.57. The lowest BCUT2D eigenvalue weighted by atomic mass is 10.2. The van der Waals surface area contributed by atoms with Gasteiger partial charge in [0.15, 0.2) is 5.78 Å². The molecule has 54 valence electrons. The molecule has 3 heteroatoms. The van der Waals surface area contributed by atoms with Crippen molar-refractivity contribution >= 4 is 17.1 Å².